The summed E-state index contributed by atoms with van der Waals surface area (Å²) in [7, 11) is 0. The van der Waals surface area contributed by atoms with E-state index in [1.165, 1.54) is 0 Å². The molecule has 0 unspecified atom stereocenters. The summed E-state index contributed by atoms with van der Waals surface area (Å²) in [6, 6.07) is 0. The van der Waals surface area contributed by atoms with Crippen molar-refractivity contribution in [2.45, 2.75) is 5.79 Å². The summed E-state index contributed by atoms with van der Waals surface area (Å²) in [5.41, 5.74) is -9.75. The Labute approximate surface area is 246 Å². The van der Waals surface area contributed by atoms with E-state index >= 15 is 0 Å². The lowest BCUT2D eigenvalue weighted by molar-refractivity contribution is 0.350. The molecule has 4 aromatic carbocycles. The zero-order chi connectivity index (χ0) is 34.8. The average Bonchev–Trinajstić information content (AvgIpc) is 3.02. The molecular weight excluding hydrogens is 701 g/mol. The van der Waals surface area contributed by atoms with Gasteiger partial charge in [0, 0.05) is 0 Å². The van der Waals surface area contributed by atoms with Crippen LogP contribution in [0, 0.1) is 105 Å². The maximum absolute atomic E-state index is 14.8. The molecule has 0 N–H and O–H groups in total. The van der Waals surface area contributed by atoms with Crippen molar-refractivity contribution in [2.24, 2.45) is 0 Å². The maximum Gasteiger partial charge on any atom is 0.853 e. The van der Waals surface area contributed by atoms with E-state index in [0.29, 0.717) is 5.79 Å². The Morgan fingerprint density at radius 3 is 0.674 bits per heavy atom. The van der Waals surface area contributed by atoms with Gasteiger partial charge in [0.2, 0.25) is 34.9 Å². The Morgan fingerprint density at radius 2 is 0.435 bits per heavy atom. The second-order valence-corrected chi connectivity index (χ2v) is 10.2. The van der Waals surface area contributed by atoms with Crippen LogP contribution in [0.5, 0.6) is 11.5 Å². The molecule has 244 valence electrons. The van der Waals surface area contributed by atoms with Gasteiger partial charge in [-0.1, -0.05) is 0 Å². The van der Waals surface area contributed by atoms with Gasteiger partial charge in [-0.2, -0.15) is 8.78 Å². The molecule has 46 heavy (non-hydrogen) atoms. The summed E-state index contributed by atoms with van der Waals surface area (Å²) >= 11 is -4.66. The van der Waals surface area contributed by atoms with Crippen molar-refractivity contribution < 1.29 is 86.6 Å². The predicted molar refractivity (Wildman–Crippen MR) is 116 cm³/mol. The van der Waals surface area contributed by atoms with Crippen LogP contribution < -0.4 is 7.58 Å². The zero-order valence-corrected chi connectivity index (χ0v) is 22.4. The van der Waals surface area contributed by atoms with E-state index in [1.807, 2.05) is 0 Å². The highest BCUT2D eigenvalue weighted by atomic mass is 27.2. The van der Waals surface area contributed by atoms with Crippen molar-refractivity contribution in [3.8, 4) is 33.8 Å². The number of hydrogen-bond donors (Lipinski definition) is 0. The van der Waals surface area contributed by atoms with Gasteiger partial charge in [0.05, 0.1) is 22.3 Å². The largest absolute Gasteiger partial charge is 0.853 e. The van der Waals surface area contributed by atoms with Gasteiger partial charge in [-0.15, -0.1) is 0 Å². The van der Waals surface area contributed by atoms with Gasteiger partial charge in [-0.3, -0.25) is 0 Å². The van der Waals surface area contributed by atoms with Crippen molar-refractivity contribution in [3.05, 3.63) is 105 Å². The van der Waals surface area contributed by atoms with Gasteiger partial charge in [0.1, 0.15) is 11.5 Å². The summed E-state index contributed by atoms with van der Waals surface area (Å²) in [6.45, 7) is 0. The summed E-state index contributed by atoms with van der Waals surface area (Å²) < 4.78 is 264. The Morgan fingerprint density at radius 1 is 0.261 bits per heavy atom. The van der Waals surface area contributed by atoms with Crippen LogP contribution in [0.3, 0.4) is 0 Å². The molecule has 4 rings (SSSR count). The van der Waals surface area contributed by atoms with Crippen LogP contribution in [0.1, 0.15) is 0 Å². The minimum Gasteiger partial charge on any atom is -0.609 e. The minimum atomic E-state index is -4.66. The number of benzene rings is 4. The summed E-state index contributed by atoms with van der Waals surface area (Å²) in [4.78, 5) is 0. The van der Waals surface area contributed by atoms with Gasteiger partial charge in [-0.25, -0.2) is 70.2 Å². The predicted octanol–water partition coefficient (Wildman–Crippen LogP) is 9.10. The molecule has 0 saturated carbocycles. The van der Waals surface area contributed by atoms with Crippen LogP contribution in [0.2, 0.25) is 5.79 Å². The highest BCUT2D eigenvalue weighted by Crippen LogP contribution is 2.45. The van der Waals surface area contributed by atoms with Crippen LogP contribution in [0.25, 0.3) is 22.3 Å². The third kappa shape index (κ3) is 5.14. The smallest absolute Gasteiger partial charge is 0.609 e. The lowest BCUT2D eigenvalue weighted by atomic mass is 10.0. The fourth-order valence-electron chi connectivity index (χ4n) is 3.90. The van der Waals surface area contributed by atoms with Crippen molar-refractivity contribution in [3.63, 3.8) is 0 Å². The quantitative estimate of drug-likeness (QED) is 0.0864. The molecule has 21 heteroatoms. The van der Waals surface area contributed by atoms with E-state index in [4.69, 9.17) is 0 Å². The topological polar surface area (TPSA) is 18.5 Å². The van der Waals surface area contributed by atoms with Crippen LogP contribution >= 0.6 is 0 Å². The average molecular weight is 704 g/mol. The summed E-state index contributed by atoms with van der Waals surface area (Å²) in [5.74, 6) is -56.2. The minimum absolute atomic E-state index is 0.391. The zero-order valence-electron chi connectivity index (χ0n) is 21.2. The third-order valence-electron chi connectivity index (χ3n) is 5.94. The maximum atomic E-state index is 14.8. The first kappa shape index (κ1) is 34.6. The normalized spacial score (nSPS) is 11.4. The van der Waals surface area contributed by atoms with Crippen LogP contribution in [-0.2, 0) is 0 Å². The molecule has 0 atom stereocenters. The fourth-order valence-corrected chi connectivity index (χ4v) is 5.05. The van der Waals surface area contributed by atoms with E-state index in [9.17, 15) is 79.0 Å². The number of hydrogen-bond acceptors (Lipinski definition) is 2. The molecule has 0 fully saturated rings. The molecule has 0 aliphatic rings. The summed E-state index contributed by atoms with van der Waals surface area (Å²) in [6.07, 6.45) is 0. The lowest BCUT2D eigenvalue weighted by Crippen LogP contribution is -2.28. The molecule has 0 aliphatic carbocycles. The summed E-state index contributed by atoms with van der Waals surface area (Å²) in [5, 5.41) is 0. The SMILES string of the molecule is [CH3][Al]([O]c1c(F)c(F)c(F)c(F)c1-c1c(F)c(F)c(F)c(F)c1F)[O]c1c(F)c(F)c(F)c(F)c1-c1c(F)c(F)c(F)c(F)c1F. The van der Waals surface area contributed by atoms with Crippen molar-refractivity contribution in [2.75, 3.05) is 0 Å². The Balaban J connectivity index is 1.98. The standard InChI is InChI=1S/2C12HF9O.CH3.Al/c2*13-3-1(4(14)7(17)9(19)6(3)16)2-5(15)8(18)10(20)11(21)12(2)22;;/h2*22H;1H3;/q;;;+2/p-2. The molecule has 0 aliphatic heterocycles. The number of rotatable bonds is 6. The third-order valence-corrected chi connectivity index (χ3v) is 7.07. The monoisotopic (exact) mass is 704 g/mol. The van der Waals surface area contributed by atoms with Crippen molar-refractivity contribution in [1.82, 2.24) is 0 Å². The first-order valence-electron chi connectivity index (χ1n) is 11.4. The fraction of sp³-hybridized carbons (Fsp3) is 0.0400. The first-order valence-corrected chi connectivity index (χ1v) is 13.5. The highest BCUT2D eigenvalue weighted by molar-refractivity contribution is 6.44. The van der Waals surface area contributed by atoms with E-state index in [-0.39, 0.29) is 0 Å². The van der Waals surface area contributed by atoms with Crippen molar-refractivity contribution in [1.29, 1.82) is 0 Å². The van der Waals surface area contributed by atoms with E-state index in [0.717, 1.165) is 0 Å². The van der Waals surface area contributed by atoms with Crippen molar-refractivity contribution >= 4 is 14.8 Å². The second-order valence-electron chi connectivity index (χ2n) is 8.61. The molecule has 0 spiro atoms. The van der Waals surface area contributed by atoms with E-state index in [1.54, 1.807) is 0 Å². The Kier molecular flexibility index (Phi) is 9.16. The molecular formula is C25H3AlF18O2. The van der Waals surface area contributed by atoms with E-state index in [2.05, 4.69) is 7.58 Å². The van der Waals surface area contributed by atoms with Gasteiger partial charge in [0.15, 0.2) is 69.8 Å². The molecule has 0 radical (unpaired) electrons. The Hall–Kier alpha value is -4.25. The Bertz CT molecular complexity index is 1770. The van der Waals surface area contributed by atoms with Gasteiger partial charge >= 0.3 is 14.8 Å². The van der Waals surface area contributed by atoms with Gasteiger partial charge < -0.3 is 7.58 Å². The molecule has 2 nitrogen and oxygen atoms in total. The first-order chi connectivity index (χ1) is 21.3. The van der Waals surface area contributed by atoms with Crippen LogP contribution in [-0.4, -0.2) is 14.8 Å². The molecule has 0 amide bonds. The molecule has 0 aromatic heterocycles. The van der Waals surface area contributed by atoms with E-state index < -0.39 is 153 Å². The number of halogens is 18. The second kappa shape index (κ2) is 12.2. The van der Waals surface area contributed by atoms with Crippen LogP contribution in [0.15, 0.2) is 0 Å². The lowest BCUT2D eigenvalue weighted by Gasteiger charge is -2.22. The molecule has 0 heterocycles. The molecule has 0 bridgehead atoms. The molecule has 0 saturated heterocycles. The van der Waals surface area contributed by atoms with Crippen LogP contribution in [0.4, 0.5) is 79.0 Å². The van der Waals surface area contributed by atoms with Gasteiger partial charge in [0.25, 0.3) is 0 Å². The van der Waals surface area contributed by atoms with Gasteiger partial charge in [-0.05, 0) is 5.79 Å². The highest BCUT2D eigenvalue weighted by Gasteiger charge is 2.41. The molecule has 4 aromatic rings.